The Morgan fingerprint density at radius 3 is 3.06 bits per heavy atom. The molecule has 0 amide bonds. The summed E-state index contributed by atoms with van der Waals surface area (Å²) >= 11 is 0. The summed E-state index contributed by atoms with van der Waals surface area (Å²) in [5.41, 5.74) is 1.87. The Labute approximate surface area is 102 Å². The topological polar surface area (TPSA) is 90.3 Å². The smallest absolute Gasteiger partial charge is 0.186 e. The first kappa shape index (κ1) is 10.2. The van der Waals surface area contributed by atoms with E-state index in [1.54, 1.807) is 12.3 Å². The molecule has 0 radical (unpaired) electrons. The van der Waals surface area contributed by atoms with Gasteiger partial charge in [0.1, 0.15) is 18.2 Å². The molecule has 6 heteroatoms. The van der Waals surface area contributed by atoms with Gasteiger partial charge in [0.25, 0.3) is 0 Å². The van der Waals surface area contributed by atoms with Gasteiger partial charge >= 0.3 is 0 Å². The Morgan fingerprint density at radius 1 is 1.28 bits per heavy atom. The molecule has 3 aromatic rings. The van der Waals surface area contributed by atoms with Crippen molar-refractivity contribution in [2.24, 2.45) is 0 Å². The Hall–Kier alpha value is -2.94. The number of nitrogens with zero attached hydrogens (tertiary/aromatic N) is 4. The molecule has 2 aromatic heterocycles. The van der Waals surface area contributed by atoms with Gasteiger partial charge in [-0.25, -0.2) is 9.97 Å². The minimum absolute atomic E-state index is 0.567. The van der Waals surface area contributed by atoms with E-state index in [0.29, 0.717) is 17.0 Å². The number of rotatable bonds is 2. The number of anilines is 2. The first-order valence-corrected chi connectivity index (χ1v) is 5.29. The third-order valence-electron chi connectivity index (χ3n) is 2.54. The summed E-state index contributed by atoms with van der Waals surface area (Å²) in [6, 6.07) is 9.38. The van der Waals surface area contributed by atoms with Crippen LogP contribution in [0.5, 0.6) is 0 Å². The maximum atomic E-state index is 9.02. The van der Waals surface area contributed by atoms with Gasteiger partial charge in [-0.1, -0.05) is 12.1 Å². The Kier molecular flexibility index (Phi) is 2.35. The summed E-state index contributed by atoms with van der Waals surface area (Å²) < 4.78 is 0. The first-order valence-electron chi connectivity index (χ1n) is 5.29. The monoisotopic (exact) mass is 236 g/mol. The quantitative estimate of drug-likeness (QED) is 0.709. The lowest BCUT2D eigenvalue weighted by atomic mass is 10.2. The molecule has 0 aliphatic rings. The van der Waals surface area contributed by atoms with Crippen LogP contribution in [-0.2, 0) is 0 Å². The molecule has 0 saturated heterocycles. The van der Waals surface area contributed by atoms with Gasteiger partial charge in [-0.05, 0) is 12.1 Å². The van der Waals surface area contributed by atoms with Crippen molar-refractivity contribution < 1.29 is 0 Å². The molecule has 0 fully saturated rings. The Balaban J connectivity index is 2.05. The van der Waals surface area contributed by atoms with Crippen LogP contribution in [0.1, 0.15) is 5.56 Å². The van der Waals surface area contributed by atoms with Crippen LogP contribution in [0.15, 0.2) is 36.8 Å². The summed E-state index contributed by atoms with van der Waals surface area (Å²) in [6.07, 6.45) is 3.11. The zero-order valence-electron chi connectivity index (χ0n) is 9.25. The molecule has 0 aliphatic heterocycles. The minimum atomic E-state index is 0.567. The number of aromatic amines is 1. The van der Waals surface area contributed by atoms with E-state index < -0.39 is 0 Å². The normalized spacial score (nSPS) is 10.2. The van der Waals surface area contributed by atoms with Crippen molar-refractivity contribution in [3.63, 3.8) is 0 Å². The van der Waals surface area contributed by atoms with Crippen molar-refractivity contribution >= 4 is 22.5 Å². The molecule has 18 heavy (non-hydrogen) atoms. The minimum Gasteiger partial charge on any atom is -0.339 e. The lowest BCUT2D eigenvalue weighted by Crippen LogP contribution is -1.94. The SMILES string of the molecule is N#Cc1ccccc1Nc1[nH]nc2ncncc12. The maximum absolute atomic E-state index is 9.02. The van der Waals surface area contributed by atoms with Crippen molar-refractivity contribution in [1.29, 1.82) is 5.26 Å². The van der Waals surface area contributed by atoms with Gasteiger partial charge in [-0.3, -0.25) is 5.10 Å². The molecule has 0 bridgehead atoms. The van der Waals surface area contributed by atoms with Crippen molar-refractivity contribution in [1.82, 2.24) is 20.2 Å². The molecule has 3 rings (SSSR count). The summed E-state index contributed by atoms with van der Waals surface area (Å²) in [4.78, 5) is 7.98. The number of fused-ring (bicyclic) bond motifs is 1. The van der Waals surface area contributed by atoms with Gasteiger partial charge in [0, 0.05) is 6.20 Å². The molecule has 6 nitrogen and oxygen atoms in total. The predicted molar refractivity (Wildman–Crippen MR) is 66.1 cm³/mol. The third kappa shape index (κ3) is 1.64. The van der Waals surface area contributed by atoms with Gasteiger partial charge in [0.05, 0.1) is 16.6 Å². The zero-order valence-corrected chi connectivity index (χ0v) is 9.25. The number of para-hydroxylation sites is 1. The molecule has 0 saturated carbocycles. The average molecular weight is 236 g/mol. The highest BCUT2D eigenvalue weighted by Crippen LogP contribution is 2.23. The number of benzene rings is 1. The van der Waals surface area contributed by atoms with E-state index in [9.17, 15) is 0 Å². The Bertz CT molecular complexity index is 739. The summed E-state index contributed by atoms with van der Waals surface area (Å²) in [7, 11) is 0. The van der Waals surface area contributed by atoms with Crippen LogP contribution in [0, 0.1) is 11.3 Å². The van der Waals surface area contributed by atoms with Crippen molar-refractivity contribution in [2.45, 2.75) is 0 Å². The fraction of sp³-hybridized carbons (Fsp3) is 0. The first-order chi connectivity index (χ1) is 8.88. The number of hydrogen-bond donors (Lipinski definition) is 2. The van der Waals surface area contributed by atoms with E-state index in [0.717, 1.165) is 11.1 Å². The number of H-pyrrole nitrogens is 1. The van der Waals surface area contributed by atoms with Gasteiger partial charge in [0.2, 0.25) is 0 Å². The van der Waals surface area contributed by atoms with E-state index >= 15 is 0 Å². The lowest BCUT2D eigenvalue weighted by Gasteiger charge is -2.05. The molecule has 0 aliphatic carbocycles. The predicted octanol–water partition coefficient (Wildman–Crippen LogP) is 1.97. The number of nitrogens with one attached hydrogen (secondary N) is 2. The summed E-state index contributed by atoms with van der Waals surface area (Å²) in [5.74, 6) is 0.674. The van der Waals surface area contributed by atoms with Gasteiger partial charge in [-0.2, -0.15) is 10.4 Å². The maximum Gasteiger partial charge on any atom is 0.186 e. The molecular formula is C12H8N6. The van der Waals surface area contributed by atoms with E-state index in [1.165, 1.54) is 6.33 Å². The van der Waals surface area contributed by atoms with Crippen molar-refractivity contribution in [2.75, 3.05) is 5.32 Å². The second-order valence-electron chi connectivity index (χ2n) is 3.64. The van der Waals surface area contributed by atoms with Crippen LogP contribution in [-0.4, -0.2) is 20.2 Å². The second kappa shape index (κ2) is 4.14. The standard InChI is InChI=1S/C12H8N6/c13-5-8-3-1-2-4-10(8)16-12-9-6-14-7-15-11(9)17-18-12/h1-4,6-7H,(H2,14,15,16,17,18). The van der Waals surface area contributed by atoms with E-state index in [2.05, 4.69) is 31.6 Å². The van der Waals surface area contributed by atoms with E-state index in [1.807, 2.05) is 18.2 Å². The van der Waals surface area contributed by atoms with Crippen LogP contribution in [0.2, 0.25) is 0 Å². The highest BCUT2D eigenvalue weighted by Gasteiger charge is 2.08. The van der Waals surface area contributed by atoms with E-state index in [-0.39, 0.29) is 0 Å². The van der Waals surface area contributed by atoms with Crippen LogP contribution in [0.25, 0.3) is 11.0 Å². The molecule has 0 atom stereocenters. The molecule has 1 aromatic carbocycles. The Morgan fingerprint density at radius 2 is 2.17 bits per heavy atom. The highest BCUT2D eigenvalue weighted by atomic mass is 15.2. The van der Waals surface area contributed by atoms with Crippen molar-refractivity contribution in [3.05, 3.63) is 42.4 Å². The molecule has 2 N–H and O–H groups in total. The molecule has 0 spiro atoms. The van der Waals surface area contributed by atoms with Crippen LogP contribution in [0.3, 0.4) is 0 Å². The highest BCUT2D eigenvalue weighted by molar-refractivity contribution is 5.88. The van der Waals surface area contributed by atoms with Crippen LogP contribution in [0.4, 0.5) is 11.5 Å². The van der Waals surface area contributed by atoms with Gasteiger partial charge in [-0.15, -0.1) is 0 Å². The van der Waals surface area contributed by atoms with Gasteiger partial charge < -0.3 is 5.32 Å². The number of aromatic nitrogens is 4. The van der Waals surface area contributed by atoms with Crippen molar-refractivity contribution in [3.8, 4) is 6.07 Å². The largest absolute Gasteiger partial charge is 0.339 e. The summed E-state index contributed by atoms with van der Waals surface area (Å²) in [6.45, 7) is 0. The number of nitriles is 1. The summed E-state index contributed by atoms with van der Waals surface area (Å²) in [5, 5.41) is 19.8. The molecule has 0 unspecified atom stereocenters. The number of hydrogen-bond acceptors (Lipinski definition) is 5. The van der Waals surface area contributed by atoms with Crippen LogP contribution >= 0.6 is 0 Å². The third-order valence-corrected chi connectivity index (χ3v) is 2.54. The fourth-order valence-electron chi connectivity index (χ4n) is 1.68. The zero-order chi connectivity index (χ0) is 12.4. The average Bonchev–Trinajstić information content (AvgIpc) is 2.83. The second-order valence-corrected chi connectivity index (χ2v) is 3.64. The molecule has 2 heterocycles. The molecular weight excluding hydrogens is 228 g/mol. The fourth-order valence-corrected chi connectivity index (χ4v) is 1.68. The van der Waals surface area contributed by atoms with E-state index in [4.69, 9.17) is 5.26 Å². The lowest BCUT2D eigenvalue weighted by molar-refractivity contribution is 1.09. The van der Waals surface area contributed by atoms with Crippen LogP contribution < -0.4 is 5.32 Å². The molecule has 86 valence electrons. The van der Waals surface area contributed by atoms with Gasteiger partial charge in [0.15, 0.2) is 5.65 Å².